The lowest BCUT2D eigenvalue weighted by molar-refractivity contribution is -0.140. The molecule has 0 N–H and O–H groups in total. The van der Waals surface area contributed by atoms with Crippen molar-refractivity contribution in [2.45, 2.75) is 51.1 Å². The van der Waals surface area contributed by atoms with Crippen molar-refractivity contribution in [3.63, 3.8) is 0 Å². The van der Waals surface area contributed by atoms with Gasteiger partial charge in [0.05, 0.1) is 28.9 Å². The van der Waals surface area contributed by atoms with Gasteiger partial charge in [-0.25, -0.2) is 4.98 Å². The predicted molar refractivity (Wildman–Crippen MR) is 104 cm³/mol. The summed E-state index contributed by atoms with van der Waals surface area (Å²) >= 11 is 1.34. The number of amides is 1. The first-order valence-electron chi connectivity index (χ1n) is 9.05. The van der Waals surface area contributed by atoms with Crippen LogP contribution in [0.2, 0.25) is 0 Å². The summed E-state index contributed by atoms with van der Waals surface area (Å²) in [6.07, 6.45) is 0.925. The van der Waals surface area contributed by atoms with E-state index in [1.54, 1.807) is 10.6 Å². The van der Waals surface area contributed by atoms with Crippen LogP contribution in [0.4, 0.5) is 0 Å². The second-order valence-electron chi connectivity index (χ2n) is 6.71. The van der Waals surface area contributed by atoms with E-state index in [-0.39, 0.29) is 29.4 Å². The molecule has 2 heterocycles. The highest BCUT2D eigenvalue weighted by Crippen LogP contribution is 2.20. The van der Waals surface area contributed by atoms with Gasteiger partial charge in [0.25, 0.3) is 5.56 Å². The lowest BCUT2D eigenvalue weighted by Gasteiger charge is -2.35. The van der Waals surface area contributed by atoms with Crippen molar-refractivity contribution in [3.8, 4) is 0 Å². The van der Waals surface area contributed by atoms with E-state index in [0.717, 1.165) is 6.42 Å². The van der Waals surface area contributed by atoms with E-state index in [2.05, 4.69) is 4.98 Å². The molecule has 7 heteroatoms. The van der Waals surface area contributed by atoms with Crippen molar-refractivity contribution in [2.24, 2.45) is 0 Å². The van der Waals surface area contributed by atoms with Gasteiger partial charge in [0.2, 0.25) is 5.91 Å². The van der Waals surface area contributed by atoms with E-state index in [0.29, 0.717) is 35.7 Å². The summed E-state index contributed by atoms with van der Waals surface area (Å²) in [6.45, 7) is 7.80. The third-order valence-corrected chi connectivity index (χ3v) is 5.33. The minimum atomic E-state index is -0.0407. The summed E-state index contributed by atoms with van der Waals surface area (Å²) < 4.78 is 7.37. The van der Waals surface area contributed by atoms with Gasteiger partial charge in [0, 0.05) is 19.6 Å². The Morgan fingerprint density at radius 1 is 1.27 bits per heavy atom. The number of benzene rings is 1. The van der Waals surface area contributed by atoms with E-state index in [4.69, 9.17) is 4.74 Å². The van der Waals surface area contributed by atoms with Crippen molar-refractivity contribution < 1.29 is 9.53 Å². The molecule has 2 aromatic rings. The van der Waals surface area contributed by atoms with E-state index >= 15 is 0 Å². The molecule has 0 aliphatic carbocycles. The minimum absolute atomic E-state index is 0.0407. The van der Waals surface area contributed by atoms with Gasteiger partial charge in [-0.05, 0) is 32.4 Å². The number of hydrogen-bond acceptors (Lipinski definition) is 5. The Bertz CT molecular complexity index is 842. The van der Waals surface area contributed by atoms with Gasteiger partial charge < -0.3 is 9.64 Å². The van der Waals surface area contributed by atoms with Gasteiger partial charge in [-0.15, -0.1) is 0 Å². The molecule has 6 nitrogen and oxygen atoms in total. The summed E-state index contributed by atoms with van der Waals surface area (Å²) in [5.41, 5.74) is 0.634. The molecular weight excluding hydrogens is 350 g/mol. The van der Waals surface area contributed by atoms with Crippen LogP contribution < -0.4 is 5.56 Å². The molecule has 0 saturated carbocycles. The zero-order valence-corrected chi connectivity index (χ0v) is 16.3. The lowest BCUT2D eigenvalue weighted by Crippen LogP contribution is -2.48. The van der Waals surface area contributed by atoms with Crippen LogP contribution in [0.25, 0.3) is 10.9 Å². The number of rotatable bonds is 5. The lowest BCUT2D eigenvalue weighted by atomic mass is 10.2. The number of fused-ring (bicyclic) bond motifs is 1. The quantitative estimate of drug-likeness (QED) is 0.594. The van der Waals surface area contributed by atoms with Crippen LogP contribution in [0.5, 0.6) is 0 Å². The molecule has 140 valence electrons. The molecule has 1 amide bonds. The molecule has 26 heavy (non-hydrogen) atoms. The highest BCUT2D eigenvalue weighted by molar-refractivity contribution is 7.99. The first kappa shape index (κ1) is 18.9. The number of carbonyl (C=O) groups is 1. The van der Waals surface area contributed by atoms with E-state index in [1.807, 2.05) is 43.9 Å². The van der Waals surface area contributed by atoms with Gasteiger partial charge in [0.15, 0.2) is 5.16 Å². The third-order valence-electron chi connectivity index (χ3n) is 4.37. The number of morpholine rings is 1. The molecule has 0 bridgehead atoms. The van der Waals surface area contributed by atoms with Gasteiger partial charge >= 0.3 is 0 Å². The van der Waals surface area contributed by atoms with Gasteiger partial charge in [-0.2, -0.15) is 0 Å². The number of hydrogen-bond donors (Lipinski definition) is 0. The van der Waals surface area contributed by atoms with Crippen molar-refractivity contribution in [2.75, 3.05) is 18.8 Å². The summed E-state index contributed by atoms with van der Waals surface area (Å²) in [6, 6.07) is 7.35. The molecule has 1 fully saturated rings. The molecule has 0 unspecified atom stereocenters. The normalized spacial score (nSPS) is 20.5. The molecule has 1 saturated heterocycles. The van der Waals surface area contributed by atoms with Crippen LogP contribution in [-0.4, -0.2) is 51.4 Å². The number of para-hydroxylation sites is 1. The Kier molecular flexibility index (Phi) is 5.98. The molecule has 1 aliphatic heterocycles. The zero-order chi connectivity index (χ0) is 18.7. The SMILES string of the molecule is CCCn1c(SCC(=O)N2C[C@@H](C)O[C@H](C)C2)nc2ccccc2c1=O. The van der Waals surface area contributed by atoms with Crippen molar-refractivity contribution in [1.82, 2.24) is 14.5 Å². The first-order chi connectivity index (χ1) is 12.5. The fourth-order valence-electron chi connectivity index (χ4n) is 3.28. The summed E-state index contributed by atoms with van der Waals surface area (Å²) in [4.78, 5) is 31.9. The Morgan fingerprint density at radius 2 is 1.96 bits per heavy atom. The standard InChI is InChI=1S/C19H25N3O3S/c1-4-9-22-18(24)15-7-5-6-8-16(15)20-19(22)26-12-17(23)21-10-13(2)25-14(3)11-21/h5-8,13-14H,4,9-12H2,1-3H3/t13-,14-/m1/s1. The number of carbonyl (C=O) groups excluding carboxylic acids is 1. The Labute approximate surface area is 157 Å². The van der Waals surface area contributed by atoms with Gasteiger partial charge in [-0.1, -0.05) is 30.8 Å². The fraction of sp³-hybridized carbons (Fsp3) is 0.526. The van der Waals surface area contributed by atoms with Crippen molar-refractivity contribution >= 4 is 28.6 Å². The maximum absolute atomic E-state index is 12.8. The number of ether oxygens (including phenoxy) is 1. The Balaban J connectivity index is 1.80. The first-order valence-corrected chi connectivity index (χ1v) is 10.0. The van der Waals surface area contributed by atoms with E-state index in [9.17, 15) is 9.59 Å². The molecule has 0 radical (unpaired) electrons. The Hall–Kier alpha value is -1.86. The van der Waals surface area contributed by atoms with Crippen molar-refractivity contribution in [1.29, 1.82) is 0 Å². The van der Waals surface area contributed by atoms with E-state index < -0.39 is 0 Å². The maximum Gasteiger partial charge on any atom is 0.262 e. The monoisotopic (exact) mass is 375 g/mol. The molecule has 1 aliphatic rings. The number of thioether (sulfide) groups is 1. The summed E-state index contributed by atoms with van der Waals surface area (Å²) in [7, 11) is 0. The second-order valence-corrected chi connectivity index (χ2v) is 7.66. The van der Waals surface area contributed by atoms with Crippen LogP contribution in [-0.2, 0) is 16.1 Å². The number of aromatic nitrogens is 2. The predicted octanol–water partition coefficient (Wildman–Crippen LogP) is 2.53. The highest BCUT2D eigenvalue weighted by Gasteiger charge is 2.26. The maximum atomic E-state index is 12.8. The van der Waals surface area contributed by atoms with Gasteiger partial charge in [0.1, 0.15) is 0 Å². The van der Waals surface area contributed by atoms with Crippen LogP contribution in [0.15, 0.2) is 34.2 Å². The average molecular weight is 375 g/mol. The minimum Gasteiger partial charge on any atom is -0.372 e. The fourth-order valence-corrected chi connectivity index (χ4v) is 4.21. The molecule has 3 rings (SSSR count). The molecule has 2 atom stereocenters. The van der Waals surface area contributed by atoms with Crippen LogP contribution in [0.1, 0.15) is 27.2 Å². The number of nitrogens with zero attached hydrogens (tertiary/aromatic N) is 3. The average Bonchev–Trinajstić information content (AvgIpc) is 2.61. The zero-order valence-electron chi connectivity index (χ0n) is 15.5. The third kappa shape index (κ3) is 4.10. The highest BCUT2D eigenvalue weighted by atomic mass is 32.2. The molecule has 1 aromatic heterocycles. The Morgan fingerprint density at radius 3 is 2.65 bits per heavy atom. The molecule has 0 spiro atoms. The van der Waals surface area contributed by atoms with Crippen LogP contribution in [0.3, 0.4) is 0 Å². The second kappa shape index (κ2) is 8.22. The van der Waals surface area contributed by atoms with Gasteiger partial charge in [-0.3, -0.25) is 14.2 Å². The van der Waals surface area contributed by atoms with Crippen LogP contribution in [0, 0.1) is 0 Å². The summed E-state index contributed by atoms with van der Waals surface area (Å²) in [5.74, 6) is 0.330. The van der Waals surface area contributed by atoms with Crippen LogP contribution >= 0.6 is 11.8 Å². The largest absolute Gasteiger partial charge is 0.372 e. The molecule has 1 aromatic carbocycles. The smallest absolute Gasteiger partial charge is 0.262 e. The van der Waals surface area contributed by atoms with E-state index in [1.165, 1.54) is 11.8 Å². The molecular formula is C19H25N3O3S. The van der Waals surface area contributed by atoms with Crippen molar-refractivity contribution in [3.05, 3.63) is 34.6 Å². The topological polar surface area (TPSA) is 64.4 Å². The summed E-state index contributed by atoms with van der Waals surface area (Å²) in [5, 5.41) is 1.23.